The summed E-state index contributed by atoms with van der Waals surface area (Å²) in [4.78, 5) is 2.85. The number of aryl methyl sites for hydroxylation is 1. The highest BCUT2D eigenvalue weighted by Crippen LogP contribution is 2.27. The van der Waals surface area contributed by atoms with Crippen molar-refractivity contribution >= 4 is 27.8 Å². The van der Waals surface area contributed by atoms with E-state index in [0.717, 1.165) is 6.42 Å². The summed E-state index contributed by atoms with van der Waals surface area (Å²) in [5.41, 5.74) is 1.18. The molecule has 0 radical (unpaired) electrons. The molecule has 0 bridgehead atoms. The number of nitrogens with one attached hydrogen (secondary N) is 1. The molecule has 1 nitrogen and oxygen atoms in total. The number of anilines is 1. The van der Waals surface area contributed by atoms with Gasteiger partial charge in [0.25, 0.3) is 0 Å². The van der Waals surface area contributed by atoms with Crippen molar-refractivity contribution in [2.24, 2.45) is 0 Å². The normalized spacial score (nSPS) is 12.5. The Morgan fingerprint density at radius 1 is 1.00 bits per heavy atom. The van der Waals surface area contributed by atoms with E-state index in [9.17, 15) is 0 Å². The first-order chi connectivity index (χ1) is 9.76. The van der Waals surface area contributed by atoms with Crippen molar-refractivity contribution in [3.8, 4) is 0 Å². The average molecular weight is 281 g/mol. The number of fused-ring (bicyclic) bond motifs is 1. The second-order valence-electron chi connectivity index (χ2n) is 5.09. The van der Waals surface area contributed by atoms with Crippen molar-refractivity contribution in [1.29, 1.82) is 0 Å². The summed E-state index contributed by atoms with van der Waals surface area (Å²) >= 11 is 1.90. The fourth-order valence-electron chi connectivity index (χ4n) is 2.42. The third-order valence-corrected chi connectivity index (χ3v) is 5.00. The van der Waals surface area contributed by atoms with Crippen LogP contribution in [0.5, 0.6) is 0 Å². The predicted molar refractivity (Wildman–Crippen MR) is 89.7 cm³/mol. The van der Waals surface area contributed by atoms with Gasteiger partial charge in [0.1, 0.15) is 0 Å². The summed E-state index contributed by atoms with van der Waals surface area (Å²) in [6.45, 7) is 4.43. The van der Waals surface area contributed by atoms with E-state index in [1.807, 2.05) is 11.3 Å². The Morgan fingerprint density at radius 2 is 1.80 bits per heavy atom. The highest BCUT2D eigenvalue weighted by Gasteiger charge is 2.08. The number of thiophene rings is 1. The van der Waals surface area contributed by atoms with Gasteiger partial charge in [0, 0.05) is 15.4 Å². The number of benzene rings is 2. The van der Waals surface area contributed by atoms with Gasteiger partial charge in [-0.15, -0.1) is 11.3 Å². The molecule has 0 saturated heterocycles. The van der Waals surface area contributed by atoms with Crippen LogP contribution in [0, 0.1) is 0 Å². The molecule has 1 atom stereocenters. The Labute approximate surface area is 124 Å². The molecule has 2 heteroatoms. The van der Waals surface area contributed by atoms with Crippen LogP contribution in [0.15, 0.2) is 54.6 Å². The van der Waals surface area contributed by atoms with E-state index in [1.165, 1.54) is 26.2 Å². The van der Waals surface area contributed by atoms with Crippen LogP contribution in [0.4, 0.5) is 5.69 Å². The Kier molecular flexibility index (Phi) is 3.75. The van der Waals surface area contributed by atoms with Crippen molar-refractivity contribution in [1.82, 2.24) is 0 Å². The topological polar surface area (TPSA) is 12.0 Å². The van der Waals surface area contributed by atoms with Crippen LogP contribution < -0.4 is 5.32 Å². The summed E-state index contributed by atoms with van der Waals surface area (Å²) < 4.78 is 0. The van der Waals surface area contributed by atoms with Crippen LogP contribution in [0.3, 0.4) is 0 Å². The van der Waals surface area contributed by atoms with E-state index in [4.69, 9.17) is 0 Å². The molecule has 3 aromatic rings. The second kappa shape index (κ2) is 5.68. The molecule has 0 aliphatic carbocycles. The monoisotopic (exact) mass is 281 g/mol. The Morgan fingerprint density at radius 3 is 2.55 bits per heavy atom. The lowest BCUT2D eigenvalue weighted by molar-refractivity contribution is 0.909. The third-order valence-electron chi connectivity index (χ3n) is 3.59. The average Bonchev–Trinajstić information content (AvgIpc) is 2.96. The summed E-state index contributed by atoms with van der Waals surface area (Å²) in [5, 5.41) is 6.17. The molecule has 2 aromatic carbocycles. The largest absolute Gasteiger partial charge is 0.378 e. The quantitative estimate of drug-likeness (QED) is 0.653. The number of hydrogen-bond acceptors (Lipinski definition) is 2. The van der Waals surface area contributed by atoms with E-state index in [2.05, 4.69) is 73.8 Å². The lowest BCUT2D eigenvalue weighted by Crippen LogP contribution is -2.04. The fraction of sp³-hybridized carbons (Fsp3) is 0.222. The van der Waals surface area contributed by atoms with Gasteiger partial charge in [-0.25, -0.2) is 0 Å². The third kappa shape index (κ3) is 2.70. The van der Waals surface area contributed by atoms with E-state index in [1.54, 1.807) is 0 Å². The molecule has 102 valence electrons. The van der Waals surface area contributed by atoms with Crippen LogP contribution in [-0.4, -0.2) is 0 Å². The lowest BCUT2D eigenvalue weighted by Gasteiger charge is -2.14. The van der Waals surface area contributed by atoms with E-state index in [0.29, 0.717) is 6.04 Å². The number of rotatable bonds is 4. The van der Waals surface area contributed by atoms with Crippen LogP contribution in [0.1, 0.15) is 29.6 Å². The first kappa shape index (κ1) is 13.2. The van der Waals surface area contributed by atoms with Gasteiger partial charge in [0.2, 0.25) is 0 Å². The molecular weight excluding hydrogens is 262 g/mol. The highest BCUT2D eigenvalue weighted by molar-refractivity contribution is 7.12. The fourth-order valence-corrected chi connectivity index (χ4v) is 3.37. The maximum atomic E-state index is 3.60. The highest BCUT2D eigenvalue weighted by atomic mass is 32.1. The first-order valence-corrected chi connectivity index (χ1v) is 7.92. The molecule has 0 fully saturated rings. The zero-order chi connectivity index (χ0) is 13.9. The molecule has 1 aromatic heterocycles. The van der Waals surface area contributed by atoms with Crippen LogP contribution in [0.25, 0.3) is 10.8 Å². The minimum absolute atomic E-state index is 0.349. The van der Waals surface area contributed by atoms with Crippen molar-refractivity contribution < 1.29 is 0 Å². The summed E-state index contributed by atoms with van der Waals surface area (Å²) in [6.07, 6.45) is 1.12. The van der Waals surface area contributed by atoms with Crippen LogP contribution >= 0.6 is 11.3 Å². The van der Waals surface area contributed by atoms with Gasteiger partial charge in [0.15, 0.2) is 0 Å². The molecule has 0 spiro atoms. The van der Waals surface area contributed by atoms with Gasteiger partial charge >= 0.3 is 0 Å². The van der Waals surface area contributed by atoms with Crippen molar-refractivity contribution in [2.75, 3.05) is 5.32 Å². The van der Waals surface area contributed by atoms with Gasteiger partial charge < -0.3 is 5.32 Å². The van der Waals surface area contributed by atoms with E-state index >= 15 is 0 Å². The van der Waals surface area contributed by atoms with Gasteiger partial charge in [-0.05, 0) is 48.4 Å². The molecule has 1 N–H and O–H groups in total. The lowest BCUT2D eigenvalue weighted by atomic mass is 10.1. The molecule has 0 saturated carbocycles. The van der Waals surface area contributed by atoms with Gasteiger partial charge in [-0.3, -0.25) is 0 Å². The molecule has 0 aliphatic heterocycles. The van der Waals surface area contributed by atoms with Crippen molar-refractivity contribution in [3.63, 3.8) is 0 Å². The van der Waals surface area contributed by atoms with Gasteiger partial charge in [0.05, 0.1) is 6.04 Å². The molecule has 3 rings (SSSR count). The zero-order valence-electron chi connectivity index (χ0n) is 11.9. The Bertz CT molecular complexity index is 714. The Hall–Kier alpha value is -1.80. The minimum Gasteiger partial charge on any atom is -0.378 e. The molecule has 1 unspecified atom stereocenters. The van der Waals surface area contributed by atoms with Crippen molar-refractivity contribution in [2.45, 2.75) is 26.3 Å². The second-order valence-corrected chi connectivity index (χ2v) is 6.29. The first-order valence-electron chi connectivity index (χ1n) is 7.10. The molecule has 0 amide bonds. The Balaban J connectivity index is 1.81. The van der Waals surface area contributed by atoms with E-state index in [-0.39, 0.29) is 0 Å². The molecule has 0 aliphatic rings. The van der Waals surface area contributed by atoms with E-state index < -0.39 is 0 Å². The molecule has 20 heavy (non-hydrogen) atoms. The van der Waals surface area contributed by atoms with Gasteiger partial charge in [-0.1, -0.05) is 37.3 Å². The van der Waals surface area contributed by atoms with Crippen molar-refractivity contribution in [3.05, 3.63) is 64.4 Å². The number of hydrogen-bond donors (Lipinski definition) is 1. The predicted octanol–water partition coefficient (Wildman–Crippen LogP) is 5.64. The smallest absolute Gasteiger partial charge is 0.0578 e. The maximum absolute atomic E-state index is 3.60. The summed E-state index contributed by atoms with van der Waals surface area (Å²) in [5.74, 6) is 0. The molecule has 1 heterocycles. The van der Waals surface area contributed by atoms with Gasteiger partial charge in [-0.2, -0.15) is 0 Å². The van der Waals surface area contributed by atoms with Crippen LogP contribution in [-0.2, 0) is 6.42 Å². The maximum Gasteiger partial charge on any atom is 0.0578 e. The molecular formula is C18H19NS. The summed E-state index contributed by atoms with van der Waals surface area (Å²) in [7, 11) is 0. The standard InChI is InChI=1S/C18H19NS/c1-3-17-10-11-18(20-17)13(2)19-16-9-8-14-6-4-5-7-15(14)12-16/h4-13,19H,3H2,1-2H3. The SMILES string of the molecule is CCc1ccc(C(C)Nc2ccc3ccccc3c2)s1. The summed E-state index contributed by atoms with van der Waals surface area (Å²) in [6, 6.07) is 19.9. The zero-order valence-corrected chi connectivity index (χ0v) is 12.7. The minimum atomic E-state index is 0.349. The van der Waals surface area contributed by atoms with Crippen LogP contribution in [0.2, 0.25) is 0 Å².